The smallest absolute Gasteiger partial charge is 0.263 e. The number of aryl methyl sites for hydroxylation is 1. The molecule has 2 aliphatic rings. The van der Waals surface area contributed by atoms with Crippen LogP contribution in [-0.4, -0.2) is 67.1 Å². The van der Waals surface area contributed by atoms with Gasteiger partial charge in [-0.25, -0.2) is 0 Å². The summed E-state index contributed by atoms with van der Waals surface area (Å²) >= 11 is 0. The van der Waals surface area contributed by atoms with Crippen LogP contribution in [0, 0.1) is 6.92 Å². The molecule has 2 aliphatic heterocycles. The van der Waals surface area contributed by atoms with Gasteiger partial charge in [0.05, 0.1) is 0 Å². The van der Waals surface area contributed by atoms with Crippen LogP contribution < -0.4 is 10.1 Å². The average molecular weight is 331 g/mol. The number of carbonyl (C=O) groups is 1. The van der Waals surface area contributed by atoms with Crippen LogP contribution in [0.25, 0.3) is 0 Å². The van der Waals surface area contributed by atoms with Crippen LogP contribution in [0.15, 0.2) is 24.3 Å². The largest absolute Gasteiger partial charge is 0.481 e. The lowest BCUT2D eigenvalue weighted by Crippen LogP contribution is -2.50. The maximum Gasteiger partial charge on any atom is 0.263 e. The number of nitrogens with zero attached hydrogens (tertiary/aromatic N) is 2. The third kappa shape index (κ3) is 4.08. The second-order valence-corrected chi connectivity index (χ2v) is 6.84. The van der Waals surface area contributed by atoms with Gasteiger partial charge in [0.2, 0.25) is 0 Å². The van der Waals surface area contributed by atoms with Gasteiger partial charge in [-0.3, -0.25) is 9.69 Å². The molecule has 2 fully saturated rings. The Morgan fingerprint density at radius 2 is 2.12 bits per heavy atom. The molecule has 0 aromatic heterocycles. The maximum absolute atomic E-state index is 12.9. The molecule has 5 nitrogen and oxygen atoms in total. The van der Waals surface area contributed by atoms with Crippen molar-refractivity contribution < 1.29 is 9.53 Å². The highest BCUT2D eigenvalue weighted by Crippen LogP contribution is 2.20. The quantitative estimate of drug-likeness (QED) is 0.891. The molecule has 0 radical (unpaired) electrons. The summed E-state index contributed by atoms with van der Waals surface area (Å²) < 4.78 is 5.98. The van der Waals surface area contributed by atoms with Crippen LogP contribution in [0.2, 0.25) is 0 Å². The van der Waals surface area contributed by atoms with E-state index in [9.17, 15) is 4.79 Å². The SMILES string of the molecule is CCC(Oc1cccc(C)c1)C(=O)N1CCC(N2CCNCC2)C1. The number of hydrogen-bond donors (Lipinski definition) is 1. The van der Waals surface area contributed by atoms with Crippen molar-refractivity contribution in [2.75, 3.05) is 39.3 Å². The van der Waals surface area contributed by atoms with Gasteiger partial charge < -0.3 is 15.0 Å². The Morgan fingerprint density at radius 3 is 2.83 bits per heavy atom. The summed E-state index contributed by atoms with van der Waals surface area (Å²) in [5.74, 6) is 0.921. The lowest BCUT2D eigenvalue weighted by atomic mass is 10.2. The van der Waals surface area contributed by atoms with E-state index in [0.29, 0.717) is 12.5 Å². The number of nitrogens with one attached hydrogen (secondary N) is 1. The van der Waals surface area contributed by atoms with Crippen molar-refractivity contribution in [3.63, 3.8) is 0 Å². The van der Waals surface area contributed by atoms with Gasteiger partial charge in [-0.1, -0.05) is 19.1 Å². The number of likely N-dealkylation sites (tertiary alicyclic amines) is 1. The highest BCUT2D eigenvalue weighted by atomic mass is 16.5. The minimum absolute atomic E-state index is 0.136. The van der Waals surface area contributed by atoms with E-state index in [1.165, 1.54) is 0 Å². The van der Waals surface area contributed by atoms with Crippen LogP contribution in [0.3, 0.4) is 0 Å². The molecule has 0 aliphatic carbocycles. The van der Waals surface area contributed by atoms with Crippen LogP contribution in [0.4, 0.5) is 0 Å². The second kappa shape index (κ2) is 7.99. The van der Waals surface area contributed by atoms with Crippen molar-refractivity contribution >= 4 is 5.91 Å². The standard InChI is InChI=1S/C19H29N3O2/c1-3-18(24-17-6-4-5-15(2)13-17)19(23)22-10-7-16(14-22)21-11-8-20-9-12-21/h4-6,13,16,18,20H,3,7-12,14H2,1-2H3. The van der Waals surface area contributed by atoms with Crippen LogP contribution in [0.5, 0.6) is 5.75 Å². The zero-order valence-electron chi connectivity index (χ0n) is 14.8. The first-order valence-electron chi connectivity index (χ1n) is 9.14. The van der Waals surface area contributed by atoms with Gasteiger partial charge in [-0.15, -0.1) is 0 Å². The third-order valence-corrected chi connectivity index (χ3v) is 5.06. The first-order valence-corrected chi connectivity index (χ1v) is 9.14. The predicted octanol–water partition coefficient (Wildman–Crippen LogP) is 1.66. The van der Waals surface area contributed by atoms with Crippen molar-refractivity contribution in [2.45, 2.75) is 38.8 Å². The summed E-state index contributed by atoms with van der Waals surface area (Å²) in [6, 6.07) is 8.43. The molecule has 2 saturated heterocycles. The van der Waals surface area contributed by atoms with E-state index < -0.39 is 0 Å². The molecule has 2 heterocycles. The van der Waals surface area contributed by atoms with E-state index in [0.717, 1.165) is 57.0 Å². The van der Waals surface area contributed by atoms with E-state index in [1.807, 2.05) is 43.0 Å². The Kier molecular flexibility index (Phi) is 5.74. The first-order chi connectivity index (χ1) is 11.7. The van der Waals surface area contributed by atoms with E-state index in [1.54, 1.807) is 0 Å². The predicted molar refractivity (Wildman–Crippen MR) is 95.3 cm³/mol. The minimum atomic E-state index is -0.381. The summed E-state index contributed by atoms with van der Waals surface area (Å²) in [5, 5.41) is 3.39. The van der Waals surface area contributed by atoms with Gasteiger partial charge in [0.1, 0.15) is 5.75 Å². The average Bonchev–Trinajstić information content (AvgIpc) is 3.10. The summed E-state index contributed by atoms with van der Waals surface area (Å²) in [5.41, 5.74) is 1.15. The van der Waals surface area contributed by atoms with Crippen molar-refractivity contribution in [3.8, 4) is 5.75 Å². The molecule has 2 unspecified atom stereocenters. The first kappa shape index (κ1) is 17.2. The highest BCUT2D eigenvalue weighted by molar-refractivity contribution is 5.81. The molecular weight excluding hydrogens is 302 g/mol. The van der Waals surface area contributed by atoms with Crippen LogP contribution >= 0.6 is 0 Å². The van der Waals surface area contributed by atoms with Crippen molar-refractivity contribution in [3.05, 3.63) is 29.8 Å². The van der Waals surface area contributed by atoms with Gasteiger partial charge in [-0.05, 0) is 37.5 Å². The summed E-state index contributed by atoms with van der Waals surface area (Å²) in [6.07, 6.45) is 1.39. The molecule has 1 aromatic carbocycles. The molecule has 3 rings (SSSR count). The van der Waals surface area contributed by atoms with Gasteiger partial charge in [-0.2, -0.15) is 0 Å². The molecule has 5 heteroatoms. The van der Waals surface area contributed by atoms with Crippen LogP contribution in [-0.2, 0) is 4.79 Å². The maximum atomic E-state index is 12.9. The molecule has 24 heavy (non-hydrogen) atoms. The number of benzene rings is 1. The normalized spacial score (nSPS) is 23.2. The summed E-state index contributed by atoms with van der Waals surface area (Å²) in [6.45, 7) is 10.0. The topological polar surface area (TPSA) is 44.8 Å². The fourth-order valence-electron chi connectivity index (χ4n) is 3.65. The van der Waals surface area contributed by atoms with E-state index in [-0.39, 0.29) is 12.0 Å². The zero-order chi connectivity index (χ0) is 16.9. The number of carbonyl (C=O) groups excluding carboxylic acids is 1. The molecule has 0 spiro atoms. The molecule has 0 bridgehead atoms. The minimum Gasteiger partial charge on any atom is -0.481 e. The lowest BCUT2D eigenvalue weighted by Gasteiger charge is -2.32. The highest BCUT2D eigenvalue weighted by Gasteiger charge is 2.34. The fraction of sp³-hybridized carbons (Fsp3) is 0.632. The molecule has 0 saturated carbocycles. The second-order valence-electron chi connectivity index (χ2n) is 6.84. The van der Waals surface area contributed by atoms with E-state index >= 15 is 0 Å². The fourth-order valence-corrected chi connectivity index (χ4v) is 3.65. The van der Waals surface area contributed by atoms with Gasteiger partial charge in [0, 0.05) is 45.3 Å². The Balaban J connectivity index is 1.58. The van der Waals surface area contributed by atoms with E-state index in [4.69, 9.17) is 4.74 Å². The monoisotopic (exact) mass is 331 g/mol. The van der Waals surface area contributed by atoms with Crippen LogP contribution in [0.1, 0.15) is 25.3 Å². The molecular formula is C19H29N3O2. The van der Waals surface area contributed by atoms with Gasteiger partial charge >= 0.3 is 0 Å². The molecule has 1 amide bonds. The van der Waals surface area contributed by atoms with Crippen molar-refractivity contribution in [1.82, 2.24) is 15.1 Å². The molecule has 132 valence electrons. The molecule has 2 atom stereocenters. The number of hydrogen-bond acceptors (Lipinski definition) is 4. The number of amides is 1. The Morgan fingerprint density at radius 1 is 1.33 bits per heavy atom. The molecule has 1 N–H and O–H groups in total. The van der Waals surface area contributed by atoms with Crippen molar-refractivity contribution in [2.24, 2.45) is 0 Å². The summed E-state index contributed by atoms with van der Waals surface area (Å²) in [4.78, 5) is 17.4. The molecule has 1 aromatic rings. The van der Waals surface area contributed by atoms with E-state index in [2.05, 4.69) is 10.2 Å². The Bertz CT molecular complexity index is 557. The lowest BCUT2D eigenvalue weighted by molar-refractivity contribution is -0.138. The zero-order valence-corrected chi connectivity index (χ0v) is 14.8. The van der Waals surface area contributed by atoms with Gasteiger partial charge in [0.15, 0.2) is 6.10 Å². The van der Waals surface area contributed by atoms with Gasteiger partial charge in [0.25, 0.3) is 5.91 Å². The number of ether oxygens (including phenoxy) is 1. The Hall–Kier alpha value is -1.59. The van der Waals surface area contributed by atoms with Crippen molar-refractivity contribution in [1.29, 1.82) is 0 Å². The number of rotatable bonds is 5. The summed E-state index contributed by atoms with van der Waals surface area (Å²) in [7, 11) is 0. The Labute approximate surface area is 145 Å². The third-order valence-electron chi connectivity index (χ3n) is 5.06. The number of piperazine rings is 1.